The van der Waals surface area contributed by atoms with Crippen LogP contribution < -0.4 is 0 Å². The largest absolute Gasteiger partial charge is 0.507 e. The summed E-state index contributed by atoms with van der Waals surface area (Å²) in [4.78, 5) is 11.0. The Morgan fingerprint density at radius 3 is 2.69 bits per heavy atom. The molecule has 1 unspecified atom stereocenters. The monoisotopic (exact) mass is 246 g/mol. The number of phenolic OH excluding ortho intramolecular Hbond substituents is 1. The van der Waals surface area contributed by atoms with Crippen LogP contribution in [0.2, 0.25) is 0 Å². The fourth-order valence-electron chi connectivity index (χ4n) is 0.927. The molecule has 1 atom stereocenters. The lowest BCUT2D eigenvalue weighted by atomic mass is 10.1. The lowest BCUT2D eigenvalue weighted by Gasteiger charge is -2.04. The summed E-state index contributed by atoms with van der Waals surface area (Å²) in [5.74, 6) is -1.15. The zero-order valence-electron chi connectivity index (χ0n) is 6.92. The maximum atomic E-state index is 12.5. The molecule has 1 aromatic carbocycles. The van der Waals surface area contributed by atoms with Crippen LogP contribution in [-0.2, 0) is 0 Å². The molecule has 0 aliphatic rings. The van der Waals surface area contributed by atoms with Crippen molar-refractivity contribution in [1.29, 1.82) is 0 Å². The third-order valence-electron chi connectivity index (χ3n) is 1.59. The molecule has 4 heteroatoms. The van der Waals surface area contributed by atoms with Crippen molar-refractivity contribution in [3.05, 3.63) is 29.6 Å². The number of alkyl halides is 1. The molecule has 1 N–H and O–H groups in total. The van der Waals surface area contributed by atoms with Crippen molar-refractivity contribution in [3.63, 3.8) is 0 Å². The minimum atomic E-state index is -0.559. The van der Waals surface area contributed by atoms with Crippen molar-refractivity contribution in [3.8, 4) is 5.75 Å². The van der Waals surface area contributed by atoms with Crippen molar-refractivity contribution in [1.82, 2.24) is 0 Å². The number of phenols is 1. The highest BCUT2D eigenvalue weighted by atomic mass is 79.9. The van der Waals surface area contributed by atoms with E-state index in [1.165, 1.54) is 6.07 Å². The first-order chi connectivity index (χ1) is 6.02. The average molecular weight is 247 g/mol. The molecule has 0 aromatic heterocycles. The molecule has 0 saturated heterocycles. The van der Waals surface area contributed by atoms with Crippen molar-refractivity contribution >= 4 is 21.7 Å². The molecule has 0 heterocycles. The van der Waals surface area contributed by atoms with Crippen molar-refractivity contribution < 1.29 is 14.3 Å². The Bertz CT molecular complexity index is 336. The minimum Gasteiger partial charge on any atom is -0.507 e. The van der Waals surface area contributed by atoms with E-state index in [-0.39, 0.29) is 21.9 Å². The van der Waals surface area contributed by atoms with Gasteiger partial charge in [-0.2, -0.15) is 0 Å². The van der Waals surface area contributed by atoms with Gasteiger partial charge in [0, 0.05) is 6.07 Å². The smallest absolute Gasteiger partial charge is 0.179 e. The van der Waals surface area contributed by atoms with Gasteiger partial charge >= 0.3 is 0 Å². The molecule has 1 rings (SSSR count). The van der Waals surface area contributed by atoms with E-state index in [1.54, 1.807) is 6.92 Å². The first-order valence-corrected chi connectivity index (χ1v) is 4.60. The number of hydrogen-bond acceptors (Lipinski definition) is 2. The number of aromatic hydroxyl groups is 1. The average Bonchev–Trinajstić information content (AvgIpc) is 2.03. The number of ketones is 1. The fourth-order valence-corrected chi connectivity index (χ4v) is 1.17. The van der Waals surface area contributed by atoms with Crippen LogP contribution in [0.5, 0.6) is 5.75 Å². The standard InChI is InChI=1S/C9H8BrFO2/c1-5(10)9(13)7-3-2-6(11)4-8(7)12/h2-5,12H,1H3. The van der Waals surface area contributed by atoms with Crippen LogP contribution in [0.1, 0.15) is 17.3 Å². The van der Waals surface area contributed by atoms with Crippen molar-refractivity contribution in [2.24, 2.45) is 0 Å². The van der Waals surface area contributed by atoms with Gasteiger partial charge in [0.25, 0.3) is 0 Å². The van der Waals surface area contributed by atoms with E-state index in [2.05, 4.69) is 15.9 Å². The number of hydrogen-bond donors (Lipinski definition) is 1. The van der Waals surface area contributed by atoms with Gasteiger partial charge in [-0.1, -0.05) is 15.9 Å². The summed E-state index contributed by atoms with van der Waals surface area (Å²) in [6.45, 7) is 1.64. The molecule has 70 valence electrons. The molecule has 0 radical (unpaired) electrons. The number of Topliss-reactive ketones (excluding diaryl/α,β-unsaturated/α-hetero) is 1. The second-order valence-electron chi connectivity index (χ2n) is 2.64. The Kier molecular flexibility index (Phi) is 3.03. The maximum absolute atomic E-state index is 12.5. The maximum Gasteiger partial charge on any atom is 0.179 e. The van der Waals surface area contributed by atoms with Gasteiger partial charge in [0.05, 0.1) is 10.4 Å². The fraction of sp³-hybridized carbons (Fsp3) is 0.222. The summed E-state index contributed by atoms with van der Waals surface area (Å²) in [7, 11) is 0. The van der Waals surface area contributed by atoms with Gasteiger partial charge in [-0.3, -0.25) is 4.79 Å². The third kappa shape index (κ3) is 2.28. The van der Waals surface area contributed by atoms with E-state index in [0.29, 0.717) is 0 Å². The lowest BCUT2D eigenvalue weighted by molar-refractivity contribution is 0.0993. The summed E-state index contributed by atoms with van der Waals surface area (Å²) in [6.07, 6.45) is 0. The Labute approximate surface area is 83.5 Å². The summed E-state index contributed by atoms with van der Waals surface area (Å²) >= 11 is 3.07. The highest BCUT2D eigenvalue weighted by Gasteiger charge is 2.15. The van der Waals surface area contributed by atoms with Gasteiger partial charge in [0.2, 0.25) is 0 Å². The second kappa shape index (κ2) is 3.87. The molecule has 0 aliphatic heterocycles. The molecular formula is C9H8BrFO2. The highest BCUT2D eigenvalue weighted by molar-refractivity contribution is 9.10. The summed E-state index contributed by atoms with van der Waals surface area (Å²) < 4.78 is 12.5. The molecule has 0 fully saturated rings. The van der Waals surface area contributed by atoms with E-state index >= 15 is 0 Å². The molecule has 0 bridgehead atoms. The second-order valence-corrected chi connectivity index (χ2v) is 4.02. The molecule has 0 amide bonds. The number of benzene rings is 1. The van der Waals surface area contributed by atoms with Crippen LogP contribution >= 0.6 is 15.9 Å². The van der Waals surface area contributed by atoms with Gasteiger partial charge in [0.1, 0.15) is 11.6 Å². The quantitative estimate of drug-likeness (QED) is 0.643. The minimum absolute atomic E-state index is 0.130. The molecule has 1 aromatic rings. The summed E-state index contributed by atoms with van der Waals surface area (Å²) in [6, 6.07) is 3.33. The summed E-state index contributed by atoms with van der Waals surface area (Å²) in [5, 5.41) is 9.23. The van der Waals surface area contributed by atoms with Gasteiger partial charge < -0.3 is 5.11 Å². The first kappa shape index (κ1) is 10.2. The normalized spacial score (nSPS) is 12.5. The Morgan fingerprint density at radius 2 is 2.23 bits per heavy atom. The number of rotatable bonds is 2. The van der Waals surface area contributed by atoms with Crippen LogP contribution in [0.15, 0.2) is 18.2 Å². The zero-order chi connectivity index (χ0) is 10.0. The van der Waals surface area contributed by atoms with E-state index in [1.807, 2.05) is 0 Å². The Morgan fingerprint density at radius 1 is 1.62 bits per heavy atom. The van der Waals surface area contributed by atoms with E-state index < -0.39 is 5.82 Å². The number of halogens is 2. The van der Waals surface area contributed by atoms with Crippen molar-refractivity contribution in [2.45, 2.75) is 11.8 Å². The van der Waals surface area contributed by atoms with Crippen LogP contribution in [0, 0.1) is 5.82 Å². The Balaban J connectivity index is 3.09. The van der Waals surface area contributed by atoms with Gasteiger partial charge in [-0.15, -0.1) is 0 Å². The Hall–Kier alpha value is -0.900. The van der Waals surface area contributed by atoms with Gasteiger partial charge in [-0.05, 0) is 19.1 Å². The SMILES string of the molecule is CC(Br)C(=O)c1ccc(F)cc1O. The zero-order valence-corrected chi connectivity index (χ0v) is 8.51. The van der Waals surface area contributed by atoms with E-state index in [4.69, 9.17) is 0 Å². The predicted octanol–water partition coefficient (Wildman–Crippen LogP) is 2.50. The molecule has 13 heavy (non-hydrogen) atoms. The third-order valence-corrected chi connectivity index (χ3v) is 2.00. The number of carbonyl (C=O) groups is 1. The summed E-state index contributed by atoms with van der Waals surface area (Å²) in [5.41, 5.74) is 0.130. The molecular weight excluding hydrogens is 239 g/mol. The van der Waals surface area contributed by atoms with E-state index in [9.17, 15) is 14.3 Å². The first-order valence-electron chi connectivity index (χ1n) is 3.69. The van der Waals surface area contributed by atoms with Crippen LogP contribution in [-0.4, -0.2) is 15.7 Å². The topological polar surface area (TPSA) is 37.3 Å². The van der Waals surface area contributed by atoms with Crippen molar-refractivity contribution in [2.75, 3.05) is 0 Å². The molecule has 2 nitrogen and oxygen atoms in total. The van der Waals surface area contributed by atoms with Crippen LogP contribution in [0.3, 0.4) is 0 Å². The van der Waals surface area contributed by atoms with E-state index in [0.717, 1.165) is 12.1 Å². The van der Waals surface area contributed by atoms with Crippen LogP contribution in [0.25, 0.3) is 0 Å². The highest BCUT2D eigenvalue weighted by Crippen LogP contribution is 2.21. The van der Waals surface area contributed by atoms with Gasteiger partial charge in [-0.25, -0.2) is 4.39 Å². The molecule has 0 aliphatic carbocycles. The predicted molar refractivity (Wildman–Crippen MR) is 50.8 cm³/mol. The lowest BCUT2D eigenvalue weighted by Crippen LogP contribution is -2.10. The molecule has 0 saturated carbocycles. The van der Waals surface area contributed by atoms with Gasteiger partial charge in [0.15, 0.2) is 5.78 Å². The van der Waals surface area contributed by atoms with Crippen LogP contribution in [0.4, 0.5) is 4.39 Å². The number of carbonyl (C=O) groups excluding carboxylic acids is 1. The molecule has 0 spiro atoms.